The molecule has 1 N–H and O–H groups in total. The predicted octanol–water partition coefficient (Wildman–Crippen LogP) is 3.14. The van der Waals surface area contributed by atoms with Crippen molar-refractivity contribution in [3.63, 3.8) is 0 Å². The minimum Gasteiger partial charge on any atom is -0.462 e. The monoisotopic (exact) mass is 322 g/mol. The van der Waals surface area contributed by atoms with Crippen LogP contribution in [-0.4, -0.2) is 36.8 Å². The van der Waals surface area contributed by atoms with E-state index in [4.69, 9.17) is 9.47 Å². The van der Waals surface area contributed by atoms with Crippen molar-refractivity contribution in [3.8, 4) is 0 Å². The van der Waals surface area contributed by atoms with Gasteiger partial charge in [-0.15, -0.1) is 0 Å². The topological polar surface area (TPSA) is 90.7 Å². The number of carbonyl (C=O) groups is 1. The van der Waals surface area contributed by atoms with E-state index in [9.17, 15) is 14.9 Å². The normalized spacial score (nSPS) is 20.8. The second kappa shape index (κ2) is 7.92. The Kier molecular flexibility index (Phi) is 5.92. The summed E-state index contributed by atoms with van der Waals surface area (Å²) in [6.45, 7) is 1.84. The molecule has 2 atom stereocenters. The van der Waals surface area contributed by atoms with Crippen molar-refractivity contribution >= 4 is 17.3 Å². The van der Waals surface area contributed by atoms with Crippen LogP contribution in [0.25, 0.3) is 0 Å². The molecule has 0 amide bonds. The fraction of sp³-hybridized carbons (Fsp3) is 0.562. The molecule has 1 saturated carbocycles. The lowest BCUT2D eigenvalue weighted by atomic mass is 9.92. The Bertz CT molecular complexity index is 576. The van der Waals surface area contributed by atoms with Gasteiger partial charge in [0, 0.05) is 24.9 Å². The van der Waals surface area contributed by atoms with Crippen molar-refractivity contribution < 1.29 is 19.2 Å². The van der Waals surface area contributed by atoms with Gasteiger partial charge in [-0.05, 0) is 44.7 Å². The summed E-state index contributed by atoms with van der Waals surface area (Å²) in [6.07, 6.45) is 4.22. The Hall–Kier alpha value is -2.15. The van der Waals surface area contributed by atoms with Gasteiger partial charge < -0.3 is 14.8 Å². The number of hydrogen-bond donors (Lipinski definition) is 1. The van der Waals surface area contributed by atoms with Crippen LogP contribution >= 0.6 is 0 Å². The summed E-state index contributed by atoms with van der Waals surface area (Å²) in [5, 5.41) is 14.4. The number of rotatable bonds is 6. The number of nitrogens with zero attached hydrogens (tertiary/aromatic N) is 1. The number of ether oxygens (including phenoxy) is 2. The molecule has 126 valence electrons. The molecule has 2 rings (SSSR count). The van der Waals surface area contributed by atoms with Crippen LogP contribution in [0.15, 0.2) is 18.2 Å². The molecule has 1 aliphatic carbocycles. The third-order valence-electron chi connectivity index (χ3n) is 4.02. The molecule has 0 bridgehead atoms. The largest absolute Gasteiger partial charge is 0.462 e. The maximum Gasteiger partial charge on any atom is 0.345 e. The summed E-state index contributed by atoms with van der Waals surface area (Å²) in [5.74, 6) is -0.679. The number of nitro benzene ring substituents is 1. The lowest BCUT2D eigenvalue weighted by molar-refractivity contribution is -0.385. The van der Waals surface area contributed by atoms with Gasteiger partial charge in [-0.3, -0.25) is 10.1 Å². The van der Waals surface area contributed by atoms with Crippen LogP contribution in [0.2, 0.25) is 0 Å². The van der Waals surface area contributed by atoms with Gasteiger partial charge in [-0.25, -0.2) is 4.79 Å². The van der Waals surface area contributed by atoms with Crippen LogP contribution in [0.3, 0.4) is 0 Å². The number of benzene rings is 1. The van der Waals surface area contributed by atoms with Gasteiger partial charge in [0.2, 0.25) is 0 Å². The summed E-state index contributed by atoms with van der Waals surface area (Å²) in [7, 11) is 1.71. The van der Waals surface area contributed by atoms with Crippen LogP contribution < -0.4 is 5.32 Å². The van der Waals surface area contributed by atoms with E-state index in [0.717, 1.165) is 25.7 Å². The number of anilines is 1. The summed E-state index contributed by atoms with van der Waals surface area (Å²) >= 11 is 0. The molecular weight excluding hydrogens is 300 g/mol. The Balaban J connectivity index is 2.18. The summed E-state index contributed by atoms with van der Waals surface area (Å²) < 4.78 is 10.3. The minimum absolute atomic E-state index is 0.0269. The van der Waals surface area contributed by atoms with E-state index in [2.05, 4.69) is 5.32 Å². The van der Waals surface area contributed by atoms with Crippen LogP contribution in [0.5, 0.6) is 0 Å². The maximum absolute atomic E-state index is 11.9. The third-order valence-corrected chi connectivity index (χ3v) is 4.02. The summed E-state index contributed by atoms with van der Waals surface area (Å²) in [6, 6.07) is 4.68. The van der Waals surface area contributed by atoms with Gasteiger partial charge in [-0.2, -0.15) is 0 Å². The highest BCUT2D eigenvalue weighted by Crippen LogP contribution is 2.27. The zero-order chi connectivity index (χ0) is 16.8. The third kappa shape index (κ3) is 4.41. The Morgan fingerprint density at radius 3 is 2.87 bits per heavy atom. The van der Waals surface area contributed by atoms with E-state index < -0.39 is 10.9 Å². The smallest absolute Gasteiger partial charge is 0.345 e. The average Bonchev–Trinajstić information content (AvgIpc) is 2.55. The fourth-order valence-corrected chi connectivity index (χ4v) is 2.88. The molecule has 0 radical (unpaired) electrons. The second-order valence-corrected chi connectivity index (χ2v) is 5.58. The van der Waals surface area contributed by atoms with Crippen molar-refractivity contribution in [1.82, 2.24) is 0 Å². The highest BCUT2D eigenvalue weighted by Gasteiger charge is 2.24. The number of nitrogens with one attached hydrogen (secondary N) is 1. The van der Waals surface area contributed by atoms with E-state index in [1.165, 1.54) is 12.1 Å². The first kappa shape index (κ1) is 17.2. The Labute approximate surface area is 135 Å². The first-order valence-corrected chi connectivity index (χ1v) is 7.80. The zero-order valence-electron chi connectivity index (χ0n) is 13.4. The highest BCUT2D eigenvalue weighted by atomic mass is 16.6. The molecule has 0 aromatic heterocycles. The van der Waals surface area contributed by atoms with Crippen LogP contribution in [-0.2, 0) is 9.47 Å². The molecule has 2 unspecified atom stereocenters. The lowest BCUT2D eigenvalue weighted by Crippen LogP contribution is -2.31. The van der Waals surface area contributed by atoms with Crippen molar-refractivity contribution in [1.29, 1.82) is 0 Å². The molecule has 1 fully saturated rings. The molecule has 0 heterocycles. The van der Waals surface area contributed by atoms with Crippen molar-refractivity contribution in [2.75, 3.05) is 19.0 Å². The average molecular weight is 322 g/mol. The van der Waals surface area contributed by atoms with Gasteiger partial charge in [0.05, 0.1) is 17.6 Å². The molecule has 1 aromatic rings. The molecule has 7 heteroatoms. The van der Waals surface area contributed by atoms with Gasteiger partial charge >= 0.3 is 5.97 Å². The molecule has 1 aliphatic rings. The standard InChI is InChI=1S/C16H22N2O5/c1-3-23-16(19)14-10-12(7-8-15(14)18(20)21)17-11-5-4-6-13(9-11)22-2/h7-8,10-11,13,17H,3-6,9H2,1-2H3. The first-order valence-electron chi connectivity index (χ1n) is 7.80. The van der Waals surface area contributed by atoms with Crippen LogP contribution in [0.4, 0.5) is 11.4 Å². The first-order chi connectivity index (χ1) is 11.0. The van der Waals surface area contributed by atoms with E-state index >= 15 is 0 Å². The molecule has 0 saturated heterocycles. The molecular formula is C16H22N2O5. The van der Waals surface area contributed by atoms with Gasteiger partial charge in [0.15, 0.2) is 0 Å². The Morgan fingerprint density at radius 2 is 2.22 bits per heavy atom. The summed E-state index contributed by atoms with van der Waals surface area (Å²) in [4.78, 5) is 22.4. The fourth-order valence-electron chi connectivity index (χ4n) is 2.88. The highest BCUT2D eigenvalue weighted by molar-refractivity contribution is 5.95. The van der Waals surface area contributed by atoms with Gasteiger partial charge in [-0.1, -0.05) is 0 Å². The van der Waals surface area contributed by atoms with Crippen molar-refractivity contribution in [3.05, 3.63) is 33.9 Å². The maximum atomic E-state index is 11.9. The van der Waals surface area contributed by atoms with Crippen LogP contribution in [0.1, 0.15) is 43.0 Å². The van der Waals surface area contributed by atoms with Crippen LogP contribution in [0, 0.1) is 10.1 Å². The number of nitro groups is 1. The predicted molar refractivity (Wildman–Crippen MR) is 85.7 cm³/mol. The van der Waals surface area contributed by atoms with Gasteiger partial charge in [0.1, 0.15) is 5.56 Å². The summed E-state index contributed by atoms with van der Waals surface area (Å²) in [5.41, 5.74) is 0.411. The zero-order valence-corrected chi connectivity index (χ0v) is 13.4. The number of carbonyl (C=O) groups excluding carboxylic acids is 1. The molecule has 7 nitrogen and oxygen atoms in total. The van der Waals surface area contributed by atoms with Gasteiger partial charge in [0.25, 0.3) is 5.69 Å². The second-order valence-electron chi connectivity index (χ2n) is 5.58. The molecule has 0 spiro atoms. The quantitative estimate of drug-likeness (QED) is 0.491. The van der Waals surface area contributed by atoms with E-state index in [1.54, 1.807) is 20.1 Å². The molecule has 1 aromatic carbocycles. The van der Waals surface area contributed by atoms with E-state index in [1.807, 2.05) is 0 Å². The number of methoxy groups -OCH3 is 1. The Morgan fingerprint density at radius 1 is 1.43 bits per heavy atom. The number of hydrogen-bond acceptors (Lipinski definition) is 6. The van der Waals surface area contributed by atoms with Crippen molar-refractivity contribution in [2.24, 2.45) is 0 Å². The molecule has 23 heavy (non-hydrogen) atoms. The minimum atomic E-state index is -0.679. The molecule has 0 aliphatic heterocycles. The number of esters is 1. The lowest BCUT2D eigenvalue weighted by Gasteiger charge is -2.29. The SMILES string of the molecule is CCOC(=O)c1cc(NC2CCCC(OC)C2)ccc1[N+](=O)[O-]. The van der Waals surface area contributed by atoms with E-state index in [0.29, 0.717) is 5.69 Å². The van der Waals surface area contributed by atoms with Crippen molar-refractivity contribution in [2.45, 2.75) is 44.8 Å². The van der Waals surface area contributed by atoms with E-state index in [-0.39, 0.29) is 30.0 Å².